The Morgan fingerprint density at radius 2 is 2.00 bits per heavy atom. The van der Waals surface area contributed by atoms with Gasteiger partial charge in [-0.15, -0.1) is 10.2 Å². The number of nitrogens with zero attached hydrogens (tertiary/aromatic N) is 2. The molecule has 7 nitrogen and oxygen atoms in total. The average Bonchev–Trinajstić information content (AvgIpc) is 3.01. The third-order valence-electron chi connectivity index (χ3n) is 3.02. The van der Waals surface area contributed by atoms with Gasteiger partial charge in [0.05, 0.1) is 18.7 Å². The van der Waals surface area contributed by atoms with E-state index in [4.69, 9.17) is 4.74 Å². The zero-order valence-electron chi connectivity index (χ0n) is 13.7. The molecule has 2 amide bonds. The third-order valence-corrected chi connectivity index (χ3v) is 3.92. The lowest BCUT2D eigenvalue weighted by molar-refractivity contribution is -0.115. The van der Waals surface area contributed by atoms with Crippen LogP contribution in [0.4, 0.5) is 5.13 Å². The first kappa shape index (κ1) is 17.9. The summed E-state index contributed by atoms with van der Waals surface area (Å²) in [6, 6.07) is 6.90. The summed E-state index contributed by atoms with van der Waals surface area (Å²) in [5.41, 5.74) is 0.397. The molecule has 0 bridgehead atoms. The van der Waals surface area contributed by atoms with Crippen LogP contribution in [0.15, 0.2) is 24.3 Å². The quantitative estimate of drug-likeness (QED) is 0.763. The number of anilines is 1. The van der Waals surface area contributed by atoms with E-state index in [0.717, 1.165) is 17.8 Å². The maximum atomic E-state index is 12.2. The molecule has 2 aromatic rings. The van der Waals surface area contributed by atoms with Gasteiger partial charge in [0.2, 0.25) is 11.0 Å². The highest BCUT2D eigenvalue weighted by Crippen LogP contribution is 2.18. The van der Waals surface area contributed by atoms with E-state index in [0.29, 0.717) is 23.1 Å². The fraction of sp³-hybridized carbons (Fsp3) is 0.375. The standard InChI is InChI=1S/C16H20N4O3S/c1-3-7-14-19-20-16(24-14)18-13(21)10-17-15(22)11-8-5-6-9-12(11)23-4-2/h5-6,8-9H,3-4,7,10H2,1-2H3,(H,17,22)(H,18,20,21). The van der Waals surface area contributed by atoms with Crippen LogP contribution in [0.1, 0.15) is 35.6 Å². The van der Waals surface area contributed by atoms with Gasteiger partial charge in [-0.2, -0.15) is 0 Å². The molecule has 8 heteroatoms. The van der Waals surface area contributed by atoms with Crippen molar-refractivity contribution in [3.05, 3.63) is 34.8 Å². The van der Waals surface area contributed by atoms with Crippen LogP contribution in [-0.4, -0.2) is 35.2 Å². The fourth-order valence-electron chi connectivity index (χ4n) is 1.97. The number of aryl methyl sites for hydroxylation is 1. The Morgan fingerprint density at radius 3 is 2.75 bits per heavy atom. The van der Waals surface area contributed by atoms with Gasteiger partial charge in [0.25, 0.3) is 5.91 Å². The number of nitrogens with one attached hydrogen (secondary N) is 2. The van der Waals surface area contributed by atoms with Crippen molar-refractivity contribution in [1.29, 1.82) is 0 Å². The molecule has 0 radical (unpaired) electrons. The van der Waals surface area contributed by atoms with Crippen molar-refractivity contribution in [3.63, 3.8) is 0 Å². The number of carbonyl (C=O) groups is 2. The topological polar surface area (TPSA) is 93.2 Å². The van der Waals surface area contributed by atoms with Crippen LogP contribution in [0.3, 0.4) is 0 Å². The summed E-state index contributed by atoms with van der Waals surface area (Å²) < 4.78 is 5.41. The van der Waals surface area contributed by atoms with Gasteiger partial charge in [-0.05, 0) is 25.5 Å². The van der Waals surface area contributed by atoms with E-state index in [1.54, 1.807) is 24.3 Å². The van der Waals surface area contributed by atoms with E-state index in [9.17, 15) is 9.59 Å². The second kappa shape index (κ2) is 8.97. The van der Waals surface area contributed by atoms with Gasteiger partial charge in [-0.3, -0.25) is 14.9 Å². The van der Waals surface area contributed by atoms with E-state index in [1.165, 1.54) is 11.3 Å². The highest BCUT2D eigenvalue weighted by Gasteiger charge is 2.14. The largest absolute Gasteiger partial charge is 0.493 e. The SMILES string of the molecule is CCCc1nnc(NC(=O)CNC(=O)c2ccccc2OCC)s1. The zero-order chi connectivity index (χ0) is 17.4. The lowest BCUT2D eigenvalue weighted by atomic mass is 10.2. The summed E-state index contributed by atoms with van der Waals surface area (Å²) in [5.74, 6) is -0.221. The predicted molar refractivity (Wildman–Crippen MR) is 92.5 cm³/mol. The molecule has 0 aliphatic rings. The molecule has 0 spiro atoms. The van der Waals surface area contributed by atoms with Gasteiger partial charge in [0, 0.05) is 6.42 Å². The molecule has 2 N–H and O–H groups in total. The van der Waals surface area contributed by atoms with Gasteiger partial charge in [-0.1, -0.05) is 30.4 Å². The molecule has 0 saturated heterocycles. The molecule has 0 atom stereocenters. The number of hydrogen-bond acceptors (Lipinski definition) is 6. The molecule has 0 saturated carbocycles. The Bertz CT molecular complexity index is 702. The summed E-state index contributed by atoms with van der Waals surface area (Å²) in [7, 11) is 0. The molecule has 1 aromatic carbocycles. The summed E-state index contributed by atoms with van der Waals surface area (Å²) in [5, 5.41) is 14.4. The fourth-order valence-corrected chi connectivity index (χ4v) is 2.83. The maximum Gasteiger partial charge on any atom is 0.255 e. The molecule has 24 heavy (non-hydrogen) atoms. The second-order valence-electron chi connectivity index (χ2n) is 4.91. The van der Waals surface area contributed by atoms with Crippen molar-refractivity contribution >= 4 is 28.3 Å². The first-order valence-corrected chi connectivity index (χ1v) is 8.58. The summed E-state index contributed by atoms with van der Waals surface area (Å²) >= 11 is 1.34. The number of aromatic nitrogens is 2. The normalized spacial score (nSPS) is 10.2. The first-order chi connectivity index (χ1) is 11.6. The van der Waals surface area contributed by atoms with Crippen LogP contribution in [0.2, 0.25) is 0 Å². The van der Waals surface area contributed by atoms with Crippen LogP contribution < -0.4 is 15.4 Å². The smallest absolute Gasteiger partial charge is 0.255 e. The highest BCUT2D eigenvalue weighted by atomic mass is 32.1. The third kappa shape index (κ3) is 5.02. The number of ether oxygens (including phenoxy) is 1. The second-order valence-corrected chi connectivity index (χ2v) is 5.97. The van der Waals surface area contributed by atoms with Crippen molar-refractivity contribution in [1.82, 2.24) is 15.5 Å². The van der Waals surface area contributed by atoms with Gasteiger partial charge in [0.1, 0.15) is 10.8 Å². The molecule has 128 valence electrons. The monoisotopic (exact) mass is 348 g/mol. The Kier molecular flexibility index (Phi) is 6.68. The predicted octanol–water partition coefficient (Wildman–Crippen LogP) is 2.26. The lowest BCUT2D eigenvalue weighted by Gasteiger charge is -2.10. The molecule has 0 aliphatic heterocycles. The van der Waals surface area contributed by atoms with Crippen LogP contribution >= 0.6 is 11.3 Å². The van der Waals surface area contributed by atoms with Crippen molar-refractivity contribution < 1.29 is 14.3 Å². The molecular formula is C16H20N4O3S. The van der Waals surface area contributed by atoms with Gasteiger partial charge < -0.3 is 10.1 Å². The van der Waals surface area contributed by atoms with Gasteiger partial charge in [-0.25, -0.2) is 0 Å². The van der Waals surface area contributed by atoms with E-state index in [1.807, 2.05) is 6.92 Å². The minimum Gasteiger partial charge on any atom is -0.493 e. The Hall–Kier alpha value is -2.48. The van der Waals surface area contributed by atoms with E-state index >= 15 is 0 Å². The Morgan fingerprint density at radius 1 is 1.21 bits per heavy atom. The molecule has 1 aromatic heterocycles. The van der Waals surface area contributed by atoms with Crippen molar-refractivity contribution in [2.45, 2.75) is 26.7 Å². The molecule has 1 heterocycles. The first-order valence-electron chi connectivity index (χ1n) is 7.76. The van der Waals surface area contributed by atoms with Crippen LogP contribution in [0, 0.1) is 0 Å². The number of amides is 2. The average molecular weight is 348 g/mol. The minimum absolute atomic E-state index is 0.151. The number of benzene rings is 1. The number of para-hydroxylation sites is 1. The van der Waals surface area contributed by atoms with Crippen LogP contribution in [0.25, 0.3) is 0 Å². The Labute approximate surface area is 144 Å². The summed E-state index contributed by atoms with van der Waals surface area (Å²) in [4.78, 5) is 24.1. The highest BCUT2D eigenvalue weighted by molar-refractivity contribution is 7.15. The van der Waals surface area contributed by atoms with Crippen LogP contribution in [0.5, 0.6) is 5.75 Å². The van der Waals surface area contributed by atoms with Gasteiger partial charge >= 0.3 is 0 Å². The number of carbonyl (C=O) groups excluding carboxylic acids is 2. The lowest BCUT2D eigenvalue weighted by Crippen LogP contribution is -2.33. The van der Waals surface area contributed by atoms with E-state index < -0.39 is 0 Å². The molecule has 0 aliphatic carbocycles. The van der Waals surface area contributed by atoms with Gasteiger partial charge in [0.15, 0.2) is 0 Å². The molecule has 0 unspecified atom stereocenters. The zero-order valence-corrected chi connectivity index (χ0v) is 14.5. The van der Waals surface area contributed by atoms with Crippen molar-refractivity contribution in [3.8, 4) is 5.75 Å². The van der Waals surface area contributed by atoms with E-state index in [2.05, 4.69) is 27.8 Å². The van der Waals surface area contributed by atoms with Crippen molar-refractivity contribution in [2.24, 2.45) is 0 Å². The maximum absolute atomic E-state index is 12.2. The summed E-state index contributed by atoms with van der Waals surface area (Å²) in [6.07, 6.45) is 1.80. The van der Waals surface area contributed by atoms with E-state index in [-0.39, 0.29) is 18.4 Å². The minimum atomic E-state index is -0.363. The molecule has 2 rings (SSSR count). The molecular weight excluding hydrogens is 328 g/mol. The van der Waals surface area contributed by atoms with Crippen molar-refractivity contribution in [2.75, 3.05) is 18.5 Å². The number of hydrogen-bond donors (Lipinski definition) is 2. The Balaban J connectivity index is 1.88. The summed E-state index contributed by atoms with van der Waals surface area (Å²) in [6.45, 7) is 4.20. The number of rotatable bonds is 8. The molecule has 0 fully saturated rings. The van der Waals surface area contributed by atoms with Crippen LogP contribution in [-0.2, 0) is 11.2 Å².